The van der Waals surface area contributed by atoms with Crippen molar-refractivity contribution in [3.05, 3.63) is 111 Å². The van der Waals surface area contributed by atoms with Crippen molar-refractivity contribution in [2.45, 2.75) is 13.8 Å². The van der Waals surface area contributed by atoms with Gasteiger partial charge >= 0.3 is 0 Å². The Morgan fingerprint density at radius 3 is 1.89 bits per heavy atom. The summed E-state index contributed by atoms with van der Waals surface area (Å²) in [6.45, 7) is 3.51. The van der Waals surface area contributed by atoms with Crippen molar-refractivity contribution in [2.24, 2.45) is 10.2 Å². The van der Waals surface area contributed by atoms with Gasteiger partial charge in [0.25, 0.3) is 5.69 Å². The Balaban J connectivity index is 2.03. The van der Waals surface area contributed by atoms with Crippen LogP contribution in [-0.4, -0.2) is 16.3 Å². The van der Waals surface area contributed by atoms with Crippen molar-refractivity contribution in [2.75, 3.05) is 0 Å². The van der Waals surface area contributed by atoms with Gasteiger partial charge in [0.2, 0.25) is 0 Å². The molecule has 0 atom stereocenters. The first kappa shape index (κ1) is 18.2. The Morgan fingerprint density at radius 2 is 1.37 bits per heavy atom. The van der Waals surface area contributed by atoms with Crippen LogP contribution in [0.2, 0.25) is 0 Å². The van der Waals surface area contributed by atoms with E-state index in [9.17, 15) is 10.1 Å². The quantitative estimate of drug-likeness (QED) is 0.359. The summed E-state index contributed by atoms with van der Waals surface area (Å²) in [7, 11) is 0. The Hall–Kier alpha value is -3.60. The van der Waals surface area contributed by atoms with Gasteiger partial charge in [0.15, 0.2) is 0 Å². The summed E-state index contributed by atoms with van der Waals surface area (Å²) in [5.74, 6) is 0. The molecule has 0 aromatic heterocycles. The molecule has 3 aromatic rings. The summed E-state index contributed by atoms with van der Waals surface area (Å²) in [5.41, 5.74) is 4.65. The molecule has 3 aromatic carbocycles. The van der Waals surface area contributed by atoms with Crippen LogP contribution in [0.15, 0.2) is 89.1 Å². The Morgan fingerprint density at radius 1 is 0.815 bits per heavy atom. The van der Waals surface area contributed by atoms with Crippen LogP contribution in [0.25, 0.3) is 0 Å². The lowest BCUT2D eigenvalue weighted by atomic mass is 10.0. The summed E-state index contributed by atoms with van der Waals surface area (Å²) >= 11 is 0. The molecule has 5 nitrogen and oxygen atoms in total. The molecule has 0 amide bonds. The van der Waals surface area contributed by atoms with Crippen LogP contribution in [0, 0.1) is 17.0 Å². The standard InChI is InChI=1S/C22H19N3O2/c1-16-13-14-20(15-21(16)25(26)27)17(2)23-24-22(18-9-5-3-6-10-18)19-11-7-4-8-12-19/h3-15H,1-2H3. The first-order valence-corrected chi connectivity index (χ1v) is 8.55. The van der Waals surface area contributed by atoms with Gasteiger partial charge in [-0.15, -0.1) is 5.10 Å². The van der Waals surface area contributed by atoms with E-state index in [2.05, 4.69) is 10.2 Å². The van der Waals surface area contributed by atoms with Gasteiger partial charge in [-0.3, -0.25) is 10.1 Å². The third-order valence-electron chi connectivity index (χ3n) is 4.22. The second-order valence-corrected chi connectivity index (χ2v) is 6.12. The number of rotatable bonds is 5. The number of aryl methyl sites for hydroxylation is 1. The van der Waals surface area contributed by atoms with E-state index >= 15 is 0 Å². The third-order valence-corrected chi connectivity index (χ3v) is 4.22. The van der Waals surface area contributed by atoms with E-state index in [0.717, 1.165) is 16.8 Å². The van der Waals surface area contributed by atoms with Crippen LogP contribution in [0.4, 0.5) is 5.69 Å². The second kappa shape index (κ2) is 8.19. The van der Waals surface area contributed by atoms with Crippen molar-refractivity contribution < 1.29 is 4.92 Å². The fraction of sp³-hybridized carbons (Fsp3) is 0.0909. The molecule has 134 valence electrons. The fourth-order valence-electron chi connectivity index (χ4n) is 2.69. The topological polar surface area (TPSA) is 67.9 Å². The number of nitro groups is 1. The van der Waals surface area contributed by atoms with E-state index in [4.69, 9.17) is 0 Å². The molecule has 5 heteroatoms. The van der Waals surface area contributed by atoms with E-state index in [1.807, 2.05) is 66.7 Å². The molecule has 0 unspecified atom stereocenters. The summed E-state index contributed by atoms with van der Waals surface area (Å²) in [4.78, 5) is 10.8. The summed E-state index contributed by atoms with van der Waals surface area (Å²) in [6, 6.07) is 24.7. The third kappa shape index (κ3) is 4.33. The van der Waals surface area contributed by atoms with E-state index in [-0.39, 0.29) is 10.6 Å². The molecule has 0 N–H and O–H groups in total. The van der Waals surface area contributed by atoms with Crippen LogP contribution >= 0.6 is 0 Å². The van der Waals surface area contributed by atoms with E-state index < -0.39 is 0 Å². The zero-order valence-electron chi connectivity index (χ0n) is 15.2. The first-order valence-electron chi connectivity index (χ1n) is 8.55. The highest BCUT2D eigenvalue weighted by molar-refractivity contribution is 6.13. The van der Waals surface area contributed by atoms with Crippen LogP contribution in [-0.2, 0) is 0 Å². The minimum Gasteiger partial charge on any atom is -0.258 e. The molecule has 0 bridgehead atoms. The van der Waals surface area contributed by atoms with Crippen LogP contribution in [0.1, 0.15) is 29.2 Å². The van der Waals surface area contributed by atoms with Crippen LogP contribution in [0.3, 0.4) is 0 Å². The highest BCUT2D eigenvalue weighted by Crippen LogP contribution is 2.20. The lowest BCUT2D eigenvalue weighted by Crippen LogP contribution is -2.04. The zero-order valence-corrected chi connectivity index (χ0v) is 15.2. The maximum Gasteiger partial charge on any atom is 0.272 e. The van der Waals surface area contributed by atoms with Gasteiger partial charge in [0.1, 0.15) is 5.71 Å². The summed E-state index contributed by atoms with van der Waals surface area (Å²) in [5, 5.41) is 20.0. The number of hydrogen-bond acceptors (Lipinski definition) is 4. The van der Waals surface area contributed by atoms with Gasteiger partial charge in [-0.1, -0.05) is 72.8 Å². The molecule has 0 fully saturated rings. The predicted octanol–water partition coefficient (Wildman–Crippen LogP) is 5.16. The Kier molecular flexibility index (Phi) is 5.52. The average molecular weight is 357 g/mol. The van der Waals surface area contributed by atoms with Gasteiger partial charge < -0.3 is 0 Å². The molecular formula is C22H19N3O2. The predicted molar refractivity (Wildman–Crippen MR) is 109 cm³/mol. The normalized spacial score (nSPS) is 11.1. The summed E-state index contributed by atoms with van der Waals surface area (Å²) < 4.78 is 0. The molecule has 0 saturated heterocycles. The minimum absolute atomic E-state index is 0.0809. The molecule has 0 aliphatic carbocycles. The number of nitro benzene ring substituents is 1. The maximum atomic E-state index is 11.2. The molecule has 0 radical (unpaired) electrons. The second-order valence-electron chi connectivity index (χ2n) is 6.12. The van der Waals surface area contributed by atoms with Crippen molar-refractivity contribution >= 4 is 17.1 Å². The number of benzene rings is 3. The highest BCUT2D eigenvalue weighted by Gasteiger charge is 2.12. The van der Waals surface area contributed by atoms with E-state index in [0.29, 0.717) is 16.8 Å². The SMILES string of the molecule is CC(=NN=C(c1ccccc1)c1ccccc1)c1ccc(C)c([N+](=O)[O-])c1. The van der Waals surface area contributed by atoms with E-state index in [1.54, 1.807) is 19.9 Å². The van der Waals surface area contributed by atoms with Gasteiger partial charge in [-0.2, -0.15) is 5.10 Å². The van der Waals surface area contributed by atoms with Crippen LogP contribution in [0.5, 0.6) is 0 Å². The molecule has 3 rings (SSSR count). The Bertz CT molecular complexity index is 969. The molecule has 0 aliphatic rings. The highest BCUT2D eigenvalue weighted by atomic mass is 16.6. The monoisotopic (exact) mass is 357 g/mol. The lowest BCUT2D eigenvalue weighted by Gasteiger charge is -2.06. The van der Waals surface area contributed by atoms with Gasteiger partial charge in [0, 0.05) is 28.3 Å². The fourth-order valence-corrected chi connectivity index (χ4v) is 2.69. The molecular weight excluding hydrogens is 338 g/mol. The molecule has 0 saturated carbocycles. The van der Waals surface area contributed by atoms with Crippen LogP contribution < -0.4 is 0 Å². The van der Waals surface area contributed by atoms with Gasteiger partial charge in [0.05, 0.1) is 10.6 Å². The smallest absolute Gasteiger partial charge is 0.258 e. The maximum absolute atomic E-state index is 11.2. The Labute approximate surface area is 157 Å². The molecule has 0 spiro atoms. The number of nitrogens with zero attached hydrogens (tertiary/aromatic N) is 3. The molecule has 0 aliphatic heterocycles. The van der Waals surface area contributed by atoms with Crippen molar-refractivity contribution in [1.82, 2.24) is 0 Å². The van der Waals surface area contributed by atoms with Crippen molar-refractivity contribution in [1.29, 1.82) is 0 Å². The molecule has 0 heterocycles. The minimum atomic E-state index is -0.380. The summed E-state index contributed by atoms with van der Waals surface area (Å²) in [6.07, 6.45) is 0. The van der Waals surface area contributed by atoms with Crippen molar-refractivity contribution in [3.63, 3.8) is 0 Å². The largest absolute Gasteiger partial charge is 0.272 e. The van der Waals surface area contributed by atoms with Crippen molar-refractivity contribution in [3.8, 4) is 0 Å². The zero-order chi connectivity index (χ0) is 19.2. The van der Waals surface area contributed by atoms with Gasteiger partial charge in [-0.25, -0.2) is 0 Å². The first-order chi connectivity index (χ1) is 13.1. The molecule has 27 heavy (non-hydrogen) atoms. The van der Waals surface area contributed by atoms with E-state index in [1.165, 1.54) is 6.07 Å². The number of hydrogen-bond donors (Lipinski definition) is 0. The average Bonchev–Trinajstić information content (AvgIpc) is 2.70. The van der Waals surface area contributed by atoms with Gasteiger partial charge in [-0.05, 0) is 13.8 Å². The lowest BCUT2D eigenvalue weighted by molar-refractivity contribution is -0.385.